The van der Waals surface area contributed by atoms with Crippen LogP contribution in [0.3, 0.4) is 0 Å². The number of methoxy groups -OCH3 is 1. The van der Waals surface area contributed by atoms with Crippen LogP contribution < -0.4 is 4.74 Å². The number of hydrogen-bond donors (Lipinski definition) is 0. The summed E-state index contributed by atoms with van der Waals surface area (Å²) in [4.78, 5) is 40.0. The standard InChI is InChI=1S/C22H24N2O4/c1-23(15-13-16-8-3-6-11-19(16)28-2)20(25)12-7-14-24-21(26)17-9-4-5-10-18(17)22(24)27/h3-6,8-11H,7,12-15H2,1-2H3. The molecule has 0 N–H and O–H groups in total. The van der Waals surface area contributed by atoms with Crippen molar-refractivity contribution < 1.29 is 19.1 Å². The smallest absolute Gasteiger partial charge is 0.261 e. The predicted octanol–water partition coefficient (Wildman–Crippen LogP) is 2.77. The first kappa shape index (κ1) is 19.6. The fraction of sp³-hybridized carbons (Fsp3) is 0.318. The average molecular weight is 380 g/mol. The van der Waals surface area contributed by atoms with Gasteiger partial charge in [-0.15, -0.1) is 0 Å². The summed E-state index contributed by atoms with van der Waals surface area (Å²) in [5.74, 6) is 0.246. The largest absolute Gasteiger partial charge is 0.496 e. The Morgan fingerprint density at radius 3 is 2.25 bits per heavy atom. The van der Waals surface area contributed by atoms with Crippen LogP contribution in [0.2, 0.25) is 0 Å². The second-order valence-corrected chi connectivity index (χ2v) is 6.79. The fourth-order valence-corrected chi connectivity index (χ4v) is 3.34. The van der Waals surface area contributed by atoms with Crippen LogP contribution in [-0.4, -0.2) is 54.8 Å². The number of fused-ring (bicyclic) bond motifs is 1. The van der Waals surface area contributed by atoms with Crippen molar-refractivity contribution in [3.63, 3.8) is 0 Å². The van der Waals surface area contributed by atoms with Gasteiger partial charge >= 0.3 is 0 Å². The van der Waals surface area contributed by atoms with Crippen molar-refractivity contribution >= 4 is 17.7 Å². The van der Waals surface area contributed by atoms with Crippen molar-refractivity contribution in [1.29, 1.82) is 0 Å². The van der Waals surface area contributed by atoms with Crippen LogP contribution in [0.15, 0.2) is 48.5 Å². The van der Waals surface area contributed by atoms with Gasteiger partial charge in [-0.3, -0.25) is 19.3 Å². The highest BCUT2D eigenvalue weighted by Gasteiger charge is 2.34. The number of nitrogens with zero attached hydrogens (tertiary/aromatic N) is 2. The molecule has 0 spiro atoms. The first-order chi connectivity index (χ1) is 13.5. The number of rotatable bonds is 8. The highest BCUT2D eigenvalue weighted by molar-refractivity contribution is 6.21. The van der Waals surface area contributed by atoms with Crippen LogP contribution in [0.5, 0.6) is 5.75 Å². The second kappa shape index (κ2) is 8.69. The van der Waals surface area contributed by atoms with E-state index in [0.717, 1.165) is 11.3 Å². The van der Waals surface area contributed by atoms with E-state index in [1.807, 2.05) is 24.3 Å². The molecule has 0 atom stereocenters. The summed E-state index contributed by atoms with van der Waals surface area (Å²) in [5, 5.41) is 0. The summed E-state index contributed by atoms with van der Waals surface area (Å²) in [7, 11) is 3.40. The molecule has 0 aliphatic carbocycles. The highest BCUT2D eigenvalue weighted by atomic mass is 16.5. The van der Waals surface area contributed by atoms with Gasteiger partial charge in [0.05, 0.1) is 18.2 Å². The first-order valence-corrected chi connectivity index (χ1v) is 9.34. The number of ether oxygens (including phenoxy) is 1. The lowest BCUT2D eigenvalue weighted by Crippen LogP contribution is -2.33. The van der Waals surface area contributed by atoms with Gasteiger partial charge in [0.15, 0.2) is 0 Å². The topological polar surface area (TPSA) is 66.9 Å². The van der Waals surface area contributed by atoms with Crippen LogP contribution in [0.4, 0.5) is 0 Å². The molecule has 0 bridgehead atoms. The number of amides is 3. The zero-order valence-corrected chi connectivity index (χ0v) is 16.2. The van der Waals surface area contributed by atoms with E-state index in [-0.39, 0.29) is 30.7 Å². The third-order valence-corrected chi connectivity index (χ3v) is 4.99. The van der Waals surface area contributed by atoms with Gasteiger partial charge in [0, 0.05) is 26.6 Å². The van der Waals surface area contributed by atoms with Gasteiger partial charge < -0.3 is 9.64 Å². The number of hydrogen-bond acceptors (Lipinski definition) is 4. The average Bonchev–Trinajstić information content (AvgIpc) is 2.97. The molecule has 3 rings (SSSR count). The lowest BCUT2D eigenvalue weighted by atomic mass is 10.1. The van der Waals surface area contributed by atoms with Crippen molar-refractivity contribution in [3.05, 3.63) is 65.2 Å². The van der Waals surface area contributed by atoms with Crippen molar-refractivity contribution in [3.8, 4) is 5.75 Å². The van der Waals surface area contributed by atoms with E-state index in [2.05, 4.69) is 0 Å². The van der Waals surface area contributed by atoms with Crippen LogP contribution >= 0.6 is 0 Å². The van der Waals surface area contributed by atoms with E-state index in [0.29, 0.717) is 30.5 Å². The van der Waals surface area contributed by atoms with Crippen LogP contribution in [0, 0.1) is 0 Å². The van der Waals surface area contributed by atoms with Crippen LogP contribution in [0.1, 0.15) is 39.1 Å². The molecule has 2 aromatic carbocycles. The third kappa shape index (κ3) is 4.06. The lowest BCUT2D eigenvalue weighted by Gasteiger charge is -2.19. The molecule has 0 fully saturated rings. The van der Waals surface area contributed by atoms with Crippen molar-refractivity contribution in [1.82, 2.24) is 9.80 Å². The number of para-hydroxylation sites is 1. The summed E-state index contributed by atoms with van der Waals surface area (Å²) < 4.78 is 5.33. The van der Waals surface area contributed by atoms with Crippen molar-refractivity contribution in [2.45, 2.75) is 19.3 Å². The van der Waals surface area contributed by atoms with Crippen molar-refractivity contribution in [2.24, 2.45) is 0 Å². The summed E-state index contributed by atoms with van der Waals surface area (Å²) in [6.45, 7) is 0.824. The minimum absolute atomic E-state index is 0.00786. The lowest BCUT2D eigenvalue weighted by molar-refractivity contribution is -0.130. The Morgan fingerprint density at radius 2 is 1.61 bits per heavy atom. The van der Waals surface area contributed by atoms with Gasteiger partial charge in [-0.25, -0.2) is 0 Å². The number of likely N-dealkylation sites (N-methyl/N-ethyl adjacent to an activating group) is 1. The molecular formula is C22H24N2O4. The Hall–Kier alpha value is -3.15. The third-order valence-electron chi connectivity index (χ3n) is 4.99. The van der Waals surface area contributed by atoms with E-state index in [1.165, 1.54) is 4.90 Å². The Morgan fingerprint density at radius 1 is 1.00 bits per heavy atom. The maximum absolute atomic E-state index is 12.4. The fourth-order valence-electron chi connectivity index (χ4n) is 3.34. The molecule has 1 aliphatic heterocycles. The maximum Gasteiger partial charge on any atom is 0.261 e. The summed E-state index contributed by atoms with van der Waals surface area (Å²) >= 11 is 0. The Kier molecular flexibility index (Phi) is 6.09. The van der Waals surface area contributed by atoms with Gasteiger partial charge in [0.25, 0.3) is 11.8 Å². The highest BCUT2D eigenvalue weighted by Crippen LogP contribution is 2.23. The molecular weight excluding hydrogens is 356 g/mol. The predicted molar refractivity (Wildman–Crippen MR) is 105 cm³/mol. The van der Waals surface area contributed by atoms with Crippen molar-refractivity contribution in [2.75, 3.05) is 27.2 Å². The summed E-state index contributed by atoms with van der Waals surface area (Å²) in [5.41, 5.74) is 1.93. The first-order valence-electron chi connectivity index (χ1n) is 9.34. The molecule has 146 valence electrons. The molecule has 2 aromatic rings. The SMILES string of the molecule is COc1ccccc1CCN(C)C(=O)CCCN1C(=O)c2ccccc2C1=O. The molecule has 1 aliphatic rings. The molecule has 1 heterocycles. The van der Waals surface area contributed by atoms with Gasteiger partial charge in [-0.1, -0.05) is 30.3 Å². The van der Waals surface area contributed by atoms with Gasteiger partial charge in [0.1, 0.15) is 5.75 Å². The molecule has 0 saturated heterocycles. The van der Waals surface area contributed by atoms with E-state index < -0.39 is 0 Å². The molecule has 6 heteroatoms. The Bertz CT molecular complexity index is 859. The van der Waals surface area contributed by atoms with Gasteiger partial charge in [-0.2, -0.15) is 0 Å². The second-order valence-electron chi connectivity index (χ2n) is 6.79. The summed E-state index contributed by atoms with van der Waals surface area (Å²) in [6.07, 6.45) is 1.43. The maximum atomic E-state index is 12.4. The van der Waals surface area contributed by atoms with Gasteiger partial charge in [-0.05, 0) is 36.6 Å². The molecule has 28 heavy (non-hydrogen) atoms. The van der Waals surface area contributed by atoms with Gasteiger partial charge in [0.2, 0.25) is 5.91 Å². The van der Waals surface area contributed by atoms with E-state index >= 15 is 0 Å². The molecule has 3 amide bonds. The minimum Gasteiger partial charge on any atom is -0.496 e. The molecule has 0 unspecified atom stereocenters. The van der Waals surface area contributed by atoms with E-state index in [1.54, 1.807) is 43.3 Å². The number of imide groups is 1. The monoisotopic (exact) mass is 380 g/mol. The zero-order chi connectivity index (χ0) is 20.1. The molecule has 0 radical (unpaired) electrons. The number of benzene rings is 2. The Labute approximate surface area is 164 Å². The van der Waals surface area contributed by atoms with Crippen LogP contribution in [-0.2, 0) is 11.2 Å². The normalized spacial score (nSPS) is 12.9. The van der Waals surface area contributed by atoms with E-state index in [9.17, 15) is 14.4 Å². The zero-order valence-electron chi connectivity index (χ0n) is 16.2. The van der Waals surface area contributed by atoms with E-state index in [4.69, 9.17) is 4.74 Å². The molecule has 6 nitrogen and oxygen atoms in total. The number of carbonyl (C=O) groups is 3. The summed E-state index contributed by atoms with van der Waals surface area (Å²) in [6, 6.07) is 14.6. The minimum atomic E-state index is -0.280. The van der Waals surface area contributed by atoms with Crippen LogP contribution in [0.25, 0.3) is 0 Å². The number of carbonyl (C=O) groups excluding carboxylic acids is 3. The Balaban J connectivity index is 1.47. The quantitative estimate of drug-likeness (QED) is 0.661. The molecule has 0 aromatic heterocycles. The molecule has 0 saturated carbocycles.